The van der Waals surface area contributed by atoms with E-state index in [2.05, 4.69) is 23.3 Å². The van der Waals surface area contributed by atoms with Gasteiger partial charge in [0.05, 0.1) is 12.5 Å². The highest BCUT2D eigenvalue weighted by atomic mass is 32.1. The Bertz CT molecular complexity index is 883. The molecule has 12 heteroatoms. The van der Waals surface area contributed by atoms with Gasteiger partial charge in [-0.3, -0.25) is 19.2 Å². The highest BCUT2D eigenvalue weighted by Gasteiger charge is 2.38. The summed E-state index contributed by atoms with van der Waals surface area (Å²) in [7, 11) is 0. The molecule has 4 unspecified atom stereocenters. The molecular formula is C21H28N4O7S. The zero-order valence-electron chi connectivity index (χ0n) is 17.8. The van der Waals surface area contributed by atoms with Crippen LogP contribution < -0.4 is 16.4 Å². The number of aliphatic carboxylic acids is 2. The van der Waals surface area contributed by atoms with E-state index in [0.29, 0.717) is 18.4 Å². The third-order valence-electron chi connectivity index (χ3n) is 5.26. The first-order valence-corrected chi connectivity index (χ1v) is 11.0. The Morgan fingerprint density at radius 3 is 2.27 bits per heavy atom. The molecule has 0 radical (unpaired) electrons. The van der Waals surface area contributed by atoms with Crippen LogP contribution in [0.15, 0.2) is 30.3 Å². The van der Waals surface area contributed by atoms with Gasteiger partial charge in [0.15, 0.2) is 0 Å². The Balaban J connectivity index is 2.26. The van der Waals surface area contributed by atoms with Gasteiger partial charge in [0, 0.05) is 18.7 Å². The molecule has 1 heterocycles. The van der Waals surface area contributed by atoms with Crippen LogP contribution in [0.1, 0.15) is 24.8 Å². The van der Waals surface area contributed by atoms with Crippen molar-refractivity contribution < 1.29 is 34.2 Å². The first-order chi connectivity index (χ1) is 15.6. The maximum Gasteiger partial charge on any atom is 0.326 e. The fraction of sp³-hybridized carbons (Fsp3) is 0.476. The van der Waals surface area contributed by atoms with Gasteiger partial charge in [-0.15, -0.1) is 0 Å². The second-order valence-electron chi connectivity index (χ2n) is 7.73. The first kappa shape index (κ1) is 26.1. The van der Waals surface area contributed by atoms with Crippen molar-refractivity contribution in [2.75, 3.05) is 12.3 Å². The van der Waals surface area contributed by atoms with Crippen LogP contribution in [-0.4, -0.2) is 81.2 Å². The minimum atomic E-state index is -1.49. The van der Waals surface area contributed by atoms with Gasteiger partial charge in [-0.1, -0.05) is 30.3 Å². The standard InChI is InChI=1S/C21H28N4O7S/c22-13(11-33)18(28)23-14(10-17(26)27)19(29)24-15(9-12-5-2-1-3-6-12)20(30)25-8-4-7-16(25)21(31)32/h1-3,5-6,13-16,33H,4,7-11,22H2,(H,23,28)(H,24,29)(H,26,27)(H,31,32). The number of carbonyl (C=O) groups is 5. The zero-order chi connectivity index (χ0) is 24.5. The largest absolute Gasteiger partial charge is 0.481 e. The molecule has 1 fully saturated rings. The van der Waals surface area contributed by atoms with Gasteiger partial charge in [-0.25, -0.2) is 4.79 Å². The van der Waals surface area contributed by atoms with Crippen molar-refractivity contribution >= 4 is 42.3 Å². The summed E-state index contributed by atoms with van der Waals surface area (Å²) in [6.07, 6.45) is 0.128. The summed E-state index contributed by atoms with van der Waals surface area (Å²) in [5, 5.41) is 23.4. The van der Waals surface area contributed by atoms with Gasteiger partial charge in [-0.2, -0.15) is 12.6 Å². The quantitative estimate of drug-likeness (QED) is 0.218. The maximum absolute atomic E-state index is 13.2. The topological polar surface area (TPSA) is 179 Å². The molecule has 0 spiro atoms. The Morgan fingerprint density at radius 1 is 1.06 bits per heavy atom. The van der Waals surface area contributed by atoms with Crippen LogP contribution >= 0.6 is 12.6 Å². The normalized spacial score (nSPS) is 18.1. The highest BCUT2D eigenvalue weighted by molar-refractivity contribution is 7.80. The summed E-state index contributed by atoms with van der Waals surface area (Å²) in [6.45, 7) is 0.225. The number of nitrogens with zero attached hydrogens (tertiary/aromatic N) is 1. The highest BCUT2D eigenvalue weighted by Crippen LogP contribution is 2.20. The van der Waals surface area contributed by atoms with E-state index < -0.39 is 60.2 Å². The lowest BCUT2D eigenvalue weighted by atomic mass is 10.0. The van der Waals surface area contributed by atoms with E-state index in [0.717, 1.165) is 0 Å². The average molecular weight is 481 g/mol. The summed E-state index contributed by atoms with van der Waals surface area (Å²) in [4.78, 5) is 62.3. The number of rotatable bonds is 11. The molecule has 3 amide bonds. The molecular weight excluding hydrogens is 452 g/mol. The van der Waals surface area contributed by atoms with Crippen molar-refractivity contribution in [1.82, 2.24) is 15.5 Å². The predicted molar refractivity (Wildman–Crippen MR) is 120 cm³/mol. The molecule has 0 saturated carbocycles. The second-order valence-corrected chi connectivity index (χ2v) is 8.09. The molecule has 33 heavy (non-hydrogen) atoms. The van der Waals surface area contributed by atoms with Crippen molar-refractivity contribution in [2.45, 2.75) is 49.9 Å². The van der Waals surface area contributed by atoms with Gasteiger partial charge in [-0.05, 0) is 18.4 Å². The van der Waals surface area contributed by atoms with E-state index in [1.165, 1.54) is 4.90 Å². The van der Waals surface area contributed by atoms with Crippen molar-refractivity contribution in [3.05, 3.63) is 35.9 Å². The number of carboxylic acids is 2. The van der Waals surface area contributed by atoms with Crippen LogP contribution in [0.4, 0.5) is 0 Å². The van der Waals surface area contributed by atoms with E-state index in [-0.39, 0.29) is 18.7 Å². The Morgan fingerprint density at radius 2 is 1.70 bits per heavy atom. The molecule has 4 atom stereocenters. The van der Waals surface area contributed by atoms with Crippen molar-refractivity contribution in [3.63, 3.8) is 0 Å². The third-order valence-corrected chi connectivity index (χ3v) is 5.66. The molecule has 1 aliphatic rings. The molecule has 1 aromatic carbocycles. The maximum atomic E-state index is 13.2. The number of amides is 3. The number of carboxylic acid groups (broad SMARTS) is 2. The lowest BCUT2D eigenvalue weighted by Gasteiger charge is -2.29. The minimum absolute atomic E-state index is 0.0199. The van der Waals surface area contributed by atoms with E-state index in [1.807, 2.05) is 0 Å². The van der Waals surface area contributed by atoms with Gasteiger partial charge in [0.2, 0.25) is 17.7 Å². The fourth-order valence-corrected chi connectivity index (χ4v) is 3.72. The van der Waals surface area contributed by atoms with E-state index in [4.69, 9.17) is 5.73 Å². The van der Waals surface area contributed by atoms with Crippen molar-refractivity contribution in [2.24, 2.45) is 5.73 Å². The average Bonchev–Trinajstić information content (AvgIpc) is 3.27. The zero-order valence-corrected chi connectivity index (χ0v) is 18.7. The summed E-state index contributed by atoms with van der Waals surface area (Å²) >= 11 is 3.91. The molecule has 1 saturated heterocycles. The summed E-state index contributed by atoms with van der Waals surface area (Å²) < 4.78 is 0. The molecule has 11 nitrogen and oxygen atoms in total. The molecule has 1 aromatic rings. The minimum Gasteiger partial charge on any atom is -0.481 e. The van der Waals surface area contributed by atoms with Crippen LogP contribution in [0.2, 0.25) is 0 Å². The van der Waals surface area contributed by atoms with Crippen LogP contribution in [0, 0.1) is 0 Å². The molecule has 0 aromatic heterocycles. The van der Waals surface area contributed by atoms with Gasteiger partial charge in [0.1, 0.15) is 18.1 Å². The van der Waals surface area contributed by atoms with Crippen molar-refractivity contribution in [1.29, 1.82) is 0 Å². The van der Waals surface area contributed by atoms with Crippen LogP contribution in [-0.2, 0) is 30.4 Å². The smallest absolute Gasteiger partial charge is 0.326 e. The molecule has 180 valence electrons. The number of likely N-dealkylation sites (tertiary alicyclic amines) is 1. The third kappa shape index (κ3) is 7.46. The molecule has 6 N–H and O–H groups in total. The number of carbonyl (C=O) groups excluding carboxylic acids is 3. The van der Waals surface area contributed by atoms with Gasteiger partial charge < -0.3 is 31.5 Å². The van der Waals surface area contributed by atoms with Crippen LogP contribution in [0.5, 0.6) is 0 Å². The molecule has 0 aliphatic carbocycles. The monoisotopic (exact) mass is 480 g/mol. The van der Waals surface area contributed by atoms with Gasteiger partial charge >= 0.3 is 11.9 Å². The first-order valence-electron chi connectivity index (χ1n) is 10.4. The van der Waals surface area contributed by atoms with E-state index in [1.54, 1.807) is 30.3 Å². The fourth-order valence-electron chi connectivity index (χ4n) is 3.56. The SMILES string of the molecule is NC(CS)C(=O)NC(CC(=O)O)C(=O)NC(Cc1ccccc1)C(=O)N1CCCC1C(=O)O. The Labute approximate surface area is 196 Å². The Hall–Kier alpha value is -3.12. The molecule has 1 aliphatic heterocycles. The number of hydrogen-bond acceptors (Lipinski definition) is 7. The van der Waals surface area contributed by atoms with Crippen LogP contribution in [0.3, 0.4) is 0 Å². The second kappa shape index (κ2) is 12.2. The molecule has 2 rings (SSSR count). The summed E-state index contributed by atoms with van der Waals surface area (Å²) in [5.74, 6) is -4.74. The number of thiol groups is 1. The number of benzene rings is 1. The lowest BCUT2D eigenvalue weighted by molar-refractivity contribution is -0.149. The molecule has 0 bridgehead atoms. The number of hydrogen-bond donors (Lipinski definition) is 6. The number of nitrogens with two attached hydrogens (primary N) is 1. The lowest BCUT2D eigenvalue weighted by Crippen LogP contribution is -2.58. The summed E-state index contributed by atoms with van der Waals surface area (Å²) in [6, 6.07) is 4.06. The Kier molecular flexibility index (Phi) is 9.67. The summed E-state index contributed by atoms with van der Waals surface area (Å²) in [5.41, 5.74) is 6.30. The van der Waals surface area contributed by atoms with Crippen LogP contribution in [0.25, 0.3) is 0 Å². The number of nitrogens with one attached hydrogen (secondary N) is 2. The van der Waals surface area contributed by atoms with Crippen molar-refractivity contribution in [3.8, 4) is 0 Å². The predicted octanol–water partition coefficient (Wildman–Crippen LogP) is -0.994. The van der Waals surface area contributed by atoms with Gasteiger partial charge in [0.25, 0.3) is 0 Å². The van der Waals surface area contributed by atoms with E-state index >= 15 is 0 Å². The van der Waals surface area contributed by atoms with E-state index in [9.17, 15) is 34.2 Å².